The van der Waals surface area contributed by atoms with E-state index in [9.17, 15) is 4.79 Å². The summed E-state index contributed by atoms with van der Waals surface area (Å²) in [6.07, 6.45) is 1.29. The fourth-order valence-electron chi connectivity index (χ4n) is 1.65. The van der Waals surface area contributed by atoms with Gasteiger partial charge in [0.1, 0.15) is 5.01 Å². The van der Waals surface area contributed by atoms with E-state index < -0.39 is 0 Å². The molecule has 1 aromatic heterocycles. The quantitative estimate of drug-likeness (QED) is 0.701. The highest BCUT2D eigenvalue weighted by Gasteiger charge is 2.19. The summed E-state index contributed by atoms with van der Waals surface area (Å²) < 4.78 is 4.62. The van der Waals surface area contributed by atoms with Gasteiger partial charge < -0.3 is 9.64 Å². The highest BCUT2D eigenvalue weighted by molar-refractivity contribution is 7.11. The van der Waals surface area contributed by atoms with Crippen molar-refractivity contribution in [2.24, 2.45) is 0 Å². The summed E-state index contributed by atoms with van der Waals surface area (Å²) in [4.78, 5) is 19.1. The van der Waals surface area contributed by atoms with Crippen LogP contribution in [-0.4, -0.2) is 36.6 Å². The molecule has 1 aliphatic heterocycles. The number of hydrogen-bond donors (Lipinski definition) is 0. The smallest absolute Gasteiger partial charge is 0.312 e. The summed E-state index contributed by atoms with van der Waals surface area (Å²) in [5.74, 6) is -0.213. The van der Waals surface area contributed by atoms with Gasteiger partial charge in [0.15, 0.2) is 0 Å². The molecule has 0 radical (unpaired) electrons. The number of fused-ring (bicyclic) bond motifs is 1. The first-order chi connectivity index (χ1) is 7.19. The van der Waals surface area contributed by atoms with Gasteiger partial charge in [-0.05, 0) is 7.05 Å². The maximum atomic E-state index is 11.1. The molecule has 0 unspecified atom stereocenters. The van der Waals surface area contributed by atoms with Crippen LogP contribution >= 0.6 is 11.3 Å². The third-order valence-electron chi connectivity index (χ3n) is 2.49. The maximum Gasteiger partial charge on any atom is 0.312 e. The number of methoxy groups -OCH3 is 1. The van der Waals surface area contributed by atoms with E-state index in [4.69, 9.17) is 0 Å². The Labute approximate surface area is 92.9 Å². The molecule has 0 aliphatic carbocycles. The molecule has 0 atom stereocenters. The highest BCUT2D eigenvalue weighted by atomic mass is 32.1. The Morgan fingerprint density at radius 3 is 3.20 bits per heavy atom. The largest absolute Gasteiger partial charge is 0.469 e. The van der Waals surface area contributed by atoms with Crippen molar-refractivity contribution >= 4 is 17.3 Å². The predicted octanol–water partition coefficient (Wildman–Crippen LogP) is 0.846. The molecule has 2 heterocycles. The molecular formula is C10H14N2O2S. The molecule has 0 N–H and O–H groups in total. The molecule has 82 valence electrons. The molecule has 15 heavy (non-hydrogen) atoms. The van der Waals surface area contributed by atoms with E-state index in [2.05, 4.69) is 21.7 Å². The van der Waals surface area contributed by atoms with Crippen LogP contribution < -0.4 is 0 Å². The average molecular weight is 226 g/mol. The molecule has 4 nitrogen and oxygen atoms in total. The van der Waals surface area contributed by atoms with Gasteiger partial charge in [-0.1, -0.05) is 0 Å². The van der Waals surface area contributed by atoms with Gasteiger partial charge in [0, 0.05) is 24.4 Å². The molecule has 0 aromatic carbocycles. The van der Waals surface area contributed by atoms with Gasteiger partial charge in [0.05, 0.1) is 19.2 Å². The van der Waals surface area contributed by atoms with E-state index in [1.807, 2.05) is 0 Å². The van der Waals surface area contributed by atoms with Crippen molar-refractivity contribution in [3.63, 3.8) is 0 Å². The van der Waals surface area contributed by atoms with Gasteiger partial charge in [-0.25, -0.2) is 4.98 Å². The Kier molecular flexibility index (Phi) is 3.02. The summed E-state index contributed by atoms with van der Waals surface area (Å²) >= 11 is 1.63. The second-order valence-corrected chi connectivity index (χ2v) is 4.89. The van der Waals surface area contributed by atoms with Crippen LogP contribution in [0.4, 0.5) is 0 Å². The Morgan fingerprint density at radius 2 is 2.47 bits per heavy atom. The fraction of sp³-hybridized carbons (Fsp3) is 0.600. The molecule has 2 rings (SSSR count). The lowest BCUT2D eigenvalue weighted by atomic mass is 10.2. The highest BCUT2D eigenvalue weighted by Crippen LogP contribution is 2.24. The molecule has 0 amide bonds. The standard InChI is InChI=1S/C10H14N2O2S/c1-12-4-3-7-8(6-12)15-9(11-7)5-10(13)14-2/h3-6H2,1-2H3. The second kappa shape index (κ2) is 4.28. The molecule has 1 aliphatic rings. The average Bonchev–Trinajstić information content (AvgIpc) is 2.59. The first-order valence-electron chi connectivity index (χ1n) is 4.92. The van der Waals surface area contributed by atoms with Crippen molar-refractivity contribution in [3.05, 3.63) is 15.6 Å². The normalized spacial score (nSPS) is 16.1. The van der Waals surface area contributed by atoms with E-state index in [1.54, 1.807) is 11.3 Å². The third kappa shape index (κ3) is 2.35. The first-order valence-corrected chi connectivity index (χ1v) is 5.73. The number of carbonyl (C=O) groups excluding carboxylic acids is 1. The van der Waals surface area contributed by atoms with Crippen molar-refractivity contribution in [2.75, 3.05) is 20.7 Å². The molecule has 0 spiro atoms. The summed E-state index contributed by atoms with van der Waals surface area (Å²) in [6, 6.07) is 0. The minimum Gasteiger partial charge on any atom is -0.469 e. The number of nitrogens with zero attached hydrogens (tertiary/aromatic N) is 2. The zero-order valence-corrected chi connectivity index (χ0v) is 9.76. The minimum absolute atomic E-state index is 0.213. The van der Waals surface area contributed by atoms with Gasteiger partial charge in [-0.15, -0.1) is 11.3 Å². The number of carbonyl (C=O) groups is 1. The van der Waals surface area contributed by atoms with Gasteiger partial charge in [-0.2, -0.15) is 0 Å². The van der Waals surface area contributed by atoms with Crippen molar-refractivity contribution in [1.82, 2.24) is 9.88 Å². The Hall–Kier alpha value is -0.940. The van der Waals surface area contributed by atoms with Crippen molar-refractivity contribution < 1.29 is 9.53 Å². The van der Waals surface area contributed by atoms with E-state index in [0.29, 0.717) is 6.42 Å². The lowest BCUT2D eigenvalue weighted by molar-refractivity contribution is -0.139. The van der Waals surface area contributed by atoms with Gasteiger partial charge in [0.25, 0.3) is 0 Å². The Balaban J connectivity index is 2.12. The van der Waals surface area contributed by atoms with Crippen LogP contribution in [-0.2, 0) is 28.9 Å². The molecule has 5 heteroatoms. The van der Waals surface area contributed by atoms with E-state index in [0.717, 1.165) is 30.2 Å². The number of ether oxygens (including phenoxy) is 1. The monoisotopic (exact) mass is 226 g/mol. The van der Waals surface area contributed by atoms with Crippen LogP contribution in [0.2, 0.25) is 0 Å². The summed E-state index contributed by atoms with van der Waals surface area (Å²) in [7, 11) is 3.51. The van der Waals surface area contributed by atoms with Gasteiger partial charge in [0.2, 0.25) is 0 Å². The van der Waals surface area contributed by atoms with E-state index in [-0.39, 0.29) is 5.97 Å². The number of hydrogen-bond acceptors (Lipinski definition) is 5. The maximum absolute atomic E-state index is 11.1. The first kappa shape index (κ1) is 10.6. The number of rotatable bonds is 2. The fourth-order valence-corrected chi connectivity index (χ4v) is 2.83. The van der Waals surface area contributed by atoms with E-state index in [1.165, 1.54) is 12.0 Å². The number of esters is 1. The molecule has 0 fully saturated rings. The zero-order chi connectivity index (χ0) is 10.8. The summed E-state index contributed by atoms with van der Waals surface area (Å²) in [5, 5.41) is 0.877. The van der Waals surface area contributed by atoms with E-state index >= 15 is 0 Å². The SMILES string of the molecule is COC(=O)Cc1nc2c(s1)CN(C)CC2. The predicted molar refractivity (Wildman–Crippen MR) is 57.9 cm³/mol. The van der Waals surface area contributed by atoms with Crippen molar-refractivity contribution in [1.29, 1.82) is 0 Å². The third-order valence-corrected chi connectivity index (χ3v) is 3.57. The number of aromatic nitrogens is 1. The molecule has 0 saturated heterocycles. The van der Waals surface area contributed by atoms with Crippen LogP contribution in [0, 0.1) is 0 Å². The molecular weight excluding hydrogens is 212 g/mol. The lowest BCUT2D eigenvalue weighted by Crippen LogP contribution is -2.25. The Morgan fingerprint density at radius 1 is 1.67 bits per heavy atom. The van der Waals surface area contributed by atoms with Gasteiger partial charge >= 0.3 is 5.97 Å². The van der Waals surface area contributed by atoms with Crippen LogP contribution in [0.5, 0.6) is 0 Å². The summed E-state index contributed by atoms with van der Waals surface area (Å²) in [5.41, 5.74) is 1.16. The van der Waals surface area contributed by atoms with Gasteiger partial charge in [-0.3, -0.25) is 4.79 Å². The molecule has 1 aromatic rings. The number of thiazole rings is 1. The van der Waals surface area contributed by atoms with Crippen LogP contribution in [0.25, 0.3) is 0 Å². The second-order valence-electron chi connectivity index (χ2n) is 3.72. The minimum atomic E-state index is -0.213. The lowest BCUT2D eigenvalue weighted by Gasteiger charge is -2.20. The van der Waals surface area contributed by atoms with Crippen molar-refractivity contribution in [3.8, 4) is 0 Å². The number of likely N-dealkylation sites (N-methyl/N-ethyl adjacent to an activating group) is 1. The van der Waals surface area contributed by atoms with Crippen LogP contribution in [0.3, 0.4) is 0 Å². The topological polar surface area (TPSA) is 42.4 Å². The summed E-state index contributed by atoms with van der Waals surface area (Å²) in [6.45, 7) is 2.00. The zero-order valence-electron chi connectivity index (χ0n) is 8.95. The van der Waals surface area contributed by atoms with Crippen LogP contribution in [0.15, 0.2) is 0 Å². The molecule has 0 bridgehead atoms. The molecule has 0 saturated carbocycles. The van der Waals surface area contributed by atoms with Crippen LogP contribution in [0.1, 0.15) is 15.6 Å². The Bertz CT molecular complexity index is 375. The van der Waals surface area contributed by atoms with Crippen molar-refractivity contribution in [2.45, 2.75) is 19.4 Å².